The van der Waals surface area contributed by atoms with Gasteiger partial charge in [-0.25, -0.2) is 4.79 Å². The molecule has 3 aromatic rings. The third kappa shape index (κ3) is 5.02. The van der Waals surface area contributed by atoms with Crippen molar-refractivity contribution in [3.8, 4) is 5.75 Å². The molecule has 3 rings (SSSR count). The fraction of sp³-hybridized carbons (Fsp3) is 0.200. The predicted molar refractivity (Wildman–Crippen MR) is 107 cm³/mol. The summed E-state index contributed by atoms with van der Waals surface area (Å²) in [7, 11) is 0. The molecular weight excluding hydrogens is 387 g/mol. The van der Waals surface area contributed by atoms with Crippen molar-refractivity contribution in [1.82, 2.24) is 9.55 Å². The Labute approximate surface area is 166 Å². The molecule has 0 fully saturated rings. The number of ether oxygens (including phenoxy) is 1. The molecule has 1 heterocycles. The fourth-order valence-corrected chi connectivity index (χ4v) is 3.19. The smallest absolute Gasteiger partial charge is 0.328 e. The van der Waals surface area contributed by atoms with Crippen molar-refractivity contribution in [3.05, 3.63) is 96.2 Å². The first-order valence-corrected chi connectivity index (χ1v) is 9.14. The number of hydrogen-bond donors (Lipinski definition) is 1. The van der Waals surface area contributed by atoms with E-state index in [1.165, 1.54) is 16.8 Å². The van der Waals surface area contributed by atoms with E-state index >= 15 is 0 Å². The SMILES string of the molecule is Cc1cc(Cl)ccc1Cc1cc(Cl)ccc1OCCn1ccc(=O)[nH]c1=O. The molecular formula is C20H18Cl2N2O3. The number of aromatic nitrogens is 2. The van der Waals surface area contributed by atoms with Crippen molar-refractivity contribution in [2.75, 3.05) is 6.61 Å². The summed E-state index contributed by atoms with van der Waals surface area (Å²) < 4.78 is 7.27. The lowest BCUT2D eigenvalue weighted by Gasteiger charge is -2.14. The summed E-state index contributed by atoms with van der Waals surface area (Å²) in [5.41, 5.74) is 2.29. The van der Waals surface area contributed by atoms with Gasteiger partial charge in [-0.1, -0.05) is 29.3 Å². The van der Waals surface area contributed by atoms with Crippen molar-refractivity contribution in [1.29, 1.82) is 0 Å². The van der Waals surface area contributed by atoms with Crippen LogP contribution in [0.15, 0.2) is 58.3 Å². The van der Waals surface area contributed by atoms with Gasteiger partial charge in [0.2, 0.25) is 0 Å². The summed E-state index contributed by atoms with van der Waals surface area (Å²) in [6.07, 6.45) is 2.10. The van der Waals surface area contributed by atoms with Gasteiger partial charge < -0.3 is 4.74 Å². The number of halogens is 2. The van der Waals surface area contributed by atoms with Gasteiger partial charge in [-0.15, -0.1) is 0 Å². The highest BCUT2D eigenvalue weighted by Gasteiger charge is 2.09. The third-order valence-corrected chi connectivity index (χ3v) is 4.66. The van der Waals surface area contributed by atoms with E-state index in [-0.39, 0.29) is 6.61 Å². The van der Waals surface area contributed by atoms with Crippen molar-refractivity contribution < 1.29 is 4.74 Å². The highest BCUT2D eigenvalue weighted by Crippen LogP contribution is 2.27. The third-order valence-electron chi connectivity index (χ3n) is 4.19. The van der Waals surface area contributed by atoms with Gasteiger partial charge in [0.15, 0.2) is 0 Å². The Morgan fingerprint density at radius 1 is 1.00 bits per heavy atom. The van der Waals surface area contributed by atoms with Crippen LogP contribution in [0.2, 0.25) is 10.0 Å². The average Bonchev–Trinajstić information content (AvgIpc) is 2.61. The van der Waals surface area contributed by atoms with Crippen molar-refractivity contribution in [3.63, 3.8) is 0 Å². The number of aryl methyl sites for hydroxylation is 1. The molecule has 0 aliphatic carbocycles. The summed E-state index contributed by atoms with van der Waals surface area (Å²) >= 11 is 12.2. The van der Waals surface area contributed by atoms with Gasteiger partial charge in [-0.3, -0.25) is 14.3 Å². The topological polar surface area (TPSA) is 64.1 Å². The zero-order valence-electron chi connectivity index (χ0n) is 14.7. The van der Waals surface area contributed by atoms with Gasteiger partial charge in [0.1, 0.15) is 12.4 Å². The van der Waals surface area contributed by atoms with E-state index in [1.807, 2.05) is 37.3 Å². The molecule has 0 saturated carbocycles. The van der Waals surface area contributed by atoms with Gasteiger partial charge in [0.05, 0.1) is 6.54 Å². The molecule has 140 valence electrons. The average molecular weight is 405 g/mol. The monoisotopic (exact) mass is 404 g/mol. The summed E-state index contributed by atoms with van der Waals surface area (Å²) in [6.45, 7) is 2.60. The molecule has 0 aliphatic heterocycles. The molecule has 1 N–H and O–H groups in total. The second-order valence-corrected chi connectivity index (χ2v) is 7.02. The number of hydrogen-bond acceptors (Lipinski definition) is 3. The van der Waals surface area contributed by atoms with E-state index < -0.39 is 11.2 Å². The van der Waals surface area contributed by atoms with Crippen LogP contribution in [-0.4, -0.2) is 16.2 Å². The van der Waals surface area contributed by atoms with Crippen molar-refractivity contribution in [2.45, 2.75) is 19.9 Å². The van der Waals surface area contributed by atoms with Crippen molar-refractivity contribution >= 4 is 23.2 Å². The van der Waals surface area contributed by atoms with E-state index in [0.717, 1.165) is 16.7 Å². The Balaban J connectivity index is 1.75. The maximum absolute atomic E-state index is 11.7. The molecule has 0 amide bonds. The first-order valence-electron chi connectivity index (χ1n) is 8.38. The zero-order chi connectivity index (χ0) is 19.4. The highest BCUT2D eigenvalue weighted by molar-refractivity contribution is 6.31. The van der Waals surface area contributed by atoms with Crippen LogP contribution in [0, 0.1) is 6.92 Å². The van der Waals surface area contributed by atoms with Crippen LogP contribution in [0.25, 0.3) is 0 Å². The number of benzene rings is 2. The molecule has 27 heavy (non-hydrogen) atoms. The Hall–Kier alpha value is -2.50. The van der Waals surface area contributed by atoms with Gasteiger partial charge >= 0.3 is 5.69 Å². The minimum absolute atomic E-state index is 0.278. The van der Waals surface area contributed by atoms with E-state index in [0.29, 0.717) is 28.8 Å². The van der Waals surface area contributed by atoms with Crippen LogP contribution in [0.5, 0.6) is 5.75 Å². The largest absolute Gasteiger partial charge is 0.491 e. The number of nitrogens with zero attached hydrogens (tertiary/aromatic N) is 1. The molecule has 2 aromatic carbocycles. The first-order chi connectivity index (χ1) is 12.9. The number of H-pyrrole nitrogens is 1. The molecule has 0 radical (unpaired) electrons. The Bertz CT molecular complexity index is 1070. The number of nitrogens with one attached hydrogen (secondary N) is 1. The second kappa shape index (κ2) is 8.46. The lowest BCUT2D eigenvalue weighted by molar-refractivity contribution is 0.293. The Morgan fingerprint density at radius 3 is 2.48 bits per heavy atom. The van der Waals surface area contributed by atoms with E-state index in [2.05, 4.69) is 4.98 Å². The molecule has 0 saturated heterocycles. The number of aromatic amines is 1. The van der Waals surface area contributed by atoms with Gasteiger partial charge in [-0.05, 0) is 53.9 Å². The van der Waals surface area contributed by atoms with Crippen LogP contribution in [0.3, 0.4) is 0 Å². The summed E-state index contributed by atoms with van der Waals surface area (Å²) in [5, 5.41) is 1.32. The molecule has 7 heteroatoms. The van der Waals surface area contributed by atoms with Gasteiger partial charge in [-0.2, -0.15) is 0 Å². The summed E-state index contributed by atoms with van der Waals surface area (Å²) in [4.78, 5) is 25.1. The molecule has 0 spiro atoms. The van der Waals surface area contributed by atoms with E-state index in [4.69, 9.17) is 27.9 Å². The fourth-order valence-electron chi connectivity index (χ4n) is 2.76. The first kappa shape index (κ1) is 19.3. The minimum atomic E-state index is -0.459. The maximum Gasteiger partial charge on any atom is 0.328 e. The normalized spacial score (nSPS) is 10.8. The second-order valence-electron chi connectivity index (χ2n) is 6.15. The molecule has 5 nitrogen and oxygen atoms in total. The van der Waals surface area contributed by atoms with Gasteiger partial charge in [0, 0.05) is 28.7 Å². The van der Waals surface area contributed by atoms with Crippen LogP contribution >= 0.6 is 23.2 Å². The Kier molecular flexibility index (Phi) is 6.04. The number of rotatable bonds is 6. The maximum atomic E-state index is 11.7. The van der Waals surface area contributed by atoms with Crippen LogP contribution in [0.1, 0.15) is 16.7 Å². The molecule has 1 aromatic heterocycles. The van der Waals surface area contributed by atoms with Crippen LogP contribution in [-0.2, 0) is 13.0 Å². The lowest BCUT2D eigenvalue weighted by Crippen LogP contribution is -2.30. The van der Waals surface area contributed by atoms with Crippen LogP contribution in [0.4, 0.5) is 0 Å². The zero-order valence-corrected chi connectivity index (χ0v) is 16.2. The standard InChI is InChI=1S/C20H18Cl2N2O3/c1-13-10-16(21)3-2-14(13)11-15-12-17(22)4-5-18(15)27-9-8-24-7-6-19(25)23-20(24)26/h2-7,10,12H,8-9,11H2,1H3,(H,23,25,26). The Morgan fingerprint density at radius 2 is 1.74 bits per heavy atom. The predicted octanol–water partition coefficient (Wildman–Crippen LogP) is 3.82. The van der Waals surface area contributed by atoms with Gasteiger partial charge in [0.25, 0.3) is 5.56 Å². The summed E-state index contributed by atoms with van der Waals surface area (Å²) in [5.74, 6) is 0.700. The molecule has 0 aliphatic rings. The van der Waals surface area contributed by atoms with Crippen molar-refractivity contribution in [2.24, 2.45) is 0 Å². The van der Waals surface area contributed by atoms with E-state index in [9.17, 15) is 9.59 Å². The lowest BCUT2D eigenvalue weighted by atomic mass is 10.00. The molecule has 0 unspecified atom stereocenters. The molecule has 0 atom stereocenters. The quantitative estimate of drug-likeness (QED) is 0.678. The highest BCUT2D eigenvalue weighted by atomic mass is 35.5. The van der Waals surface area contributed by atoms with E-state index in [1.54, 1.807) is 6.07 Å². The molecule has 0 bridgehead atoms. The van der Waals surface area contributed by atoms with Crippen LogP contribution < -0.4 is 16.0 Å². The minimum Gasteiger partial charge on any atom is -0.491 e. The summed E-state index contributed by atoms with van der Waals surface area (Å²) in [6, 6.07) is 12.5.